The highest BCUT2D eigenvalue weighted by Gasteiger charge is 2.08. The van der Waals surface area contributed by atoms with E-state index in [9.17, 15) is 8.78 Å². The van der Waals surface area contributed by atoms with Crippen LogP contribution < -0.4 is 10.1 Å². The summed E-state index contributed by atoms with van der Waals surface area (Å²) < 4.78 is 29.0. The summed E-state index contributed by atoms with van der Waals surface area (Å²) in [5.74, 6) is 0.206. The molecule has 0 saturated carbocycles. The third-order valence-corrected chi connectivity index (χ3v) is 2.69. The number of nitrogens with one attached hydrogen (secondary N) is 1. The van der Waals surface area contributed by atoms with E-state index in [1.807, 2.05) is 31.2 Å². The smallest absolute Gasteiger partial charge is 0.387 e. The Kier molecular flexibility index (Phi) is 4.34. The molecule has 100 valence electrons. The van der Waals surface area contributed by atoms with Crippen molar-refractivity contribution >= 4 is 5.69 Å². The van der Waals surface area contributed by atoms with Crippen LogP contribution in [0, 0.1) is 6.92 Å². The molecule has 0 aliphatic heterocycles. The zero-order valence-electron chi connectivity index (χ0n) is 10.6. The Labute approximate surface area is 111 Å². The maximum atomic E-state index is 12.3. The highest BCUT2D eigenvalue weighted by Crippen LogP contribution is 2.21. The number of halogens is 2. The molecule has 0 aromatic heterocycles. The summed E-state index contributed by atoms with van der Waals surface area (Å²) in [5, 5.41) is 3.19. The largest absolute Gasteiger partial charge is 0.434 e. The van der Waals surface area contributed by atoms with Crippen LogP contribution in [0.4, 0.5) is 14.5 Å². The number of rotatable bonds is 5. The van der Waals surface area contributed by atoms with Gasteiger partial charge in [-0.15, -0.1) is 0 Å². The second-order valence-corrected chi connectivity index (χ2v) is 4.21. The van der Waals surface area contributed by atoms with Crippen LogP contribution in [-0.2, 0) is 6.54 Å². The van der Waals surface area contributed by atoms with Crippen LogP contribution in [-0.4, -0.2) is 6.61 Å². The van der Waals surface area contributed by atoms with E-state index in [-0.39, 0.29) is 5.75 Å². The lowest BCUT2D eigenvalue weighted by atomic mass is 10.2. The van der Waals surface area contributed by atoms with Gasteiger partial charge >= 0.3 is 6.61 Å². The van der Waals surface area contributed by atoms with E-state index in [0.717, 1.165) is 11.3 Å². The number of hydrogen-bond acceptors (Lipinski definition) is 2. The molecule has 0 bridgehead atoms. The van der Waals surface area contributed by atoms with Crippen molar-refractivity contribution in [2.45, 2.75) is 20.1 Å². The predicted octanol–water partition coefficient (Wildman–Crippen LogP) is 4.21. The lowest BCUT2D eigenvalue weighted by Gasteiger charge is -2.12. The Morgan fingerprint density at radius 1 is 1.11 bits per heavy atom. The van der Waals surface area contributed by atoms with Crippen molar-refractivity contribution in [3.8, 4) is 5.75 Å². The van der Waals surface area contributed by atoms with E-state index in [2.05, 4.69) is 10.1 Å². The number of ether oxygens (including phenoxy) is 1. The molecule has 0 atom stereocenters. The van der Waals surface area contributed by atoms with Crippen molar-refractivity contribution in [2.75, 3.05) is 5.32 Å². The van der Waals surface area contributed by atoms with Gasteiger partial charge in [-0.3, -0.25) is 0 Å². The summed E-state index contributed by atoms with van der Waals surface area (Å²) in [6.07, 6.45) is 0. The molecular weight excluding hydrogens is 248 g/mol. The summed E-state index contributed by atoms with van der Waals surface area (Å²) in [6, 6.07) is 14.7. The molecule has 0 aliphatic carbocycles. The lowest BCUT2D eigenvalue weighted by Crippen LogP contribution is -2.07. The molecule has 0 aliphatic rings. The van der Waals surface area contributed by atoms with Crippen molar-refractivity contribution in [2.24, 2.45) is 0 Å². The summed E-state index contributed by atoms with van der Waals surface area (Å²) in [4.78, 5) is 0. The average molecular weight is 263 g/mol. The third kappa shape index (κ3) is 3.95. The second-order valence-electron chi connectivity index (χ2n) is 4.21. The maximum absolute atomic E-state index is 12.3. The number of para-hydroxylation sites is 1. The van der Waals surface area contributed by atoms with Gasteiger partial charge in [-0.25, -0.2) is 0 Å². The molecule has 19 heavy (non-hydrogen) atoms. The van der Waals surface area contributed by atoms with Gasteiger partial charge in [0, 0.05) is 17.8 Å². The molecule has 0 radical (unpaired) electrons. The van der Waals surface area contributed by atoms with Crippen LogP contribution in [0.2, 0.25) is 0 Å². The van der Waals surface area contributed by atoms with Crippen LogP contribution in [0.15, 0.2) is 48.5 Å². The first-order valence-corrected chi connectivity index (χ1v) is 5.98. The van der Waals surface area contributed by atoms with Crippen LogP contribution in [0.5, 0.6) is 5.75 Å². The molecule has 4 heteroatoms. The molecule has 0 saturated heterocycles. The summed E-state index contributed by atoms with van der Waals surface area (Å²) in [5.41, 5.74) is 2.79. The van der Waals surface area contributed by atoms with Crippen molar-refractivity contribution in [1.82, 2.24) is 0 Å². The van der Waals surface area contributed by atoms with Gasteiger partial charge in [0.05, 0.1) is 0 Å². The first-order valence-electron chi connectivity index (χ1n) is 5.98. The van der Waals surface area contributed by atoms with Gasteiger partial charge < -0.3 is 10.1 Å². The molecular formula is C15H15F2NO. The second kappa shape index (κ2) is 6.18. The van der Waals surface area contributed by atoms with E-state index in [4.69, 9.17) is 0 Å². The molecule has 0 heterocycles. The van der Waals surface area contributed by atoms with Crippen molar-refractivity contribution < 1.29 is 13.5 Å². The Balaban J connectivity index is 2.07. The van der Waals surface area contributed by atoms with Crippen LogP contribution in [0.25, 0.3) is 0 Å². The first-order chi connectivity index (χ1) is 9.15. The number of hydrogen-bond donors (Lipinski definition) is 1. The minimum atomic E-state index is -2.81. The predicted molar refractivity (Wildman–Crippen MR) is 71.6 cm³/mol. The van der Waals surface area contributed by atoms with E-state index >= 15 is 0 Å². The Bertz CT molecular complexity index is 543. The van der Waals surface area contributed by atoms with Crippen molar-refractivity contribution in [3.63, 3.8) is 0 Å². The third-order valence-electron chi connectivity index (χ3n) is 2.69. The fourth-order valence-electron chi connectivity index (χ4n) is 1.81. The molecule has 0 amide bonds. The molecule has 1 N–H and O–H groups in total. The fraction of sp³-hybridized carbons (Fsp3) is 0.200. The molecule has 2 aromatic rings. The van der Waals surface area contributed by atoms with Crippen LogP contribution >= 0.6 is 0 Å². The van der Waals surface area contributed by atoms with Gasteiger partial charge in [0.2, 0.25) is 0 Å². The summed E-state index contributed by atoms with van der Waals surface area (Å²) in [6.45, 7) is -0.370. The molecule has 2 nitrogen and oxygen atoms in total. The first kappa shape index (κ1) is 13.3. The highest BCUT2D eigenvalue weighted by atomic mass is 19.3. The van der Waals surface area contributed by atoms with Gasteiger partial charge in [0.25, 0.3) is 0 Å². The number of benzene rings is 2. The normalized spacial score (nSPS) is 10.5. The number of aryl methyl sites for hydroxylation is 1. The summed E-state index contributed by atoms with van der Waals surface area (Å²) >= 11 is 0. The van der Waals surface area contributed by atoms with Crippen LogP contribution in [0.1, 0.15) is 11.1 Å². The molecule has 2 rings (SSSR count). The van der Waals surface area contributed by atoms with Gasteiger partial charge in [-0.2, -0.15) is 8.78 Å². The van der Waals surface area contributed by atoms with Crippen molar-refractivity contribution in [3.05, 3.63) is 59.7 Å². The Hall–Kier alpha value is -2.10. The lowest BCUT2D eigenvalue weighted by molar-refractivity contribution is -0.0504. The van der Waals surface area contributed by atoms with Gasteiger partial charge in [0.15, 0.2) is 0 Å². The SMILES string of the molecule is Cc1cccc(NCc2ccccc2OC(F)F)c1. The van der Waals surface area contributed by atoms with Crippen LogP contribution in [0.3, 0.4) is 0 Å². The summed E-state index contributed by atoms with van der Waals surface area (Å²) in [7, 11) is 0. The van der Waals surface area contributed by atoms with Gasteiger partial charge in [0.1, 0.15) is 5.75 Å². The van der Waals surface area contributed by atoms with E-state index in [0.29, 0.717) is 12.1 Å². The number of anilines is 1. The zero-order chi connectivity index (χ0) is 13.7. The van der Waals surface area contributed by atoms with E-state index < -0.39 is 6.61 Å². The molecule has 0 unspecified atom stereocenters. The quantitative estimate of drug-likeness (QED) is 0.872. The van der Waals surface area contributed by atoms with Gasteiger partial charge in [-0.05, 0) is 30.7 Å². The molecule has 2 aromatic carbocycles. The standard InChI is InChI=1S/C15H15F2NO/c1-11-5-4-7-13(9-11)18-10-12-6-2-3-8-14(12)19-15(16)17/h2-9,15,18H,10H2,1H3. The minimum absolute atomic E-state index is 0.206. The Morgan fingerprint density at radius 2 is 1.89 bits per heavy atom. The molecule has 0 fully saturated rings. The zero-order valence-corrected chi connectivity index (χ0v) is 10.6. The number of alkyl halides is 2. The minimum Gasteiger partial charge on any atom is -0.434 e. The highest BCUT2D eigenvalue weighted by molar-refractivity contribution is 5.47. The maximum Gasteiger partial charge on any atom is 0.387 e. The van der Waals surface area contributed by atoms with E-state index in [1.54, 1.807) is 24.3 Å². The van der Waals surface area contributed by atoms with Crippen molar-refractivity contribution in [1.29, 1.82) is 0 Å². The fourth-order valence-corrected chi connectivity index (χ4v) is 1.81. The van der Waals surface area contributed by atoms with E-state index in [1.165, 1.54) is 0 Å². The van der Waals surface area contributed by atoms with Gasteiger partial charge in [-0.1, -0.05) is 30.3 Å². The monoisotopic (exact) mass is 263 g/mol. The average Bonchev–Trinajstić information content (AvgIpc) is 2.37. The topological polar surface area (TPSA) is 21.3 Å². The Morgan fingerprint density at radius 3 is 2.63 bits per heavy atom. The molecule has 0 spiro atoms.